The molecule has 0 unspecified atom stereocenters. The molecule has 1 aromatic carbocycles. The minimum atomic E-state index is 0.584. The van der Waals surface area contributed by atoms with Crippen molar-refractivity contribution in [1.82, 2.24) is 19.9 Å². The normalized spacial score (nSPS) is 13.7. The number of anilines is 2. The molecule has 0 aliphatic carbocycles. The summed E-state index contributed by atoms with van der Waals surface area (Å²) in [4.78, 5) is 20.9. The van der Waals surface area contributed by atoms with Crippen molar-refractivity contribution in [2.24, 2.45) is 0 Å². The van der Waals surface area contributed by atoms with Crippen molar-refractivity contribution >= 4 is 11.5 Å². The molecule has 7 nitrogen and oxygen atoms in total. The third-order valence-electron chi connectivity index (χ3n) is 5.69. The van der Waals surface area contributed by atoms with Crippen LogP contribution in [0.5, 0.6) is 0 Å². The number of nitrogens with zero attached hydrogens (tertiary/aromatic N) is 5. The molecule has 33 heavy (non-hydrogen) atoms. The Hall–Kier alpha value is -3.84. The molecule has 1 saturated heterocycles. The van der Waals surface area contributed by atoms with Gasteiger partial charge in [0.1, 0.15) is 11.5 Å². The van der Waals surface area contributed by atoms with Gasteiger partial charge in [-0.05, 0) is 42.8 Å². The monoisotopic (exact) mass is 438 g/mol. The number of rotatable bonds is 5. The molecule has 0 amide bonds. The summed E-state index contributed by atoms with van der Waals surface area (Å²) in [5.74, 6) is 1.32. The van der Waals surface area contributed by atoms with E-state index in [1.807, 2.05) is 50.6 Å². The molecule has 7 heteroatoms. The Morgan fingerprint density at radius 3 is 2.45 bits per heavy atom. The number of aromatic nitrogens is 4. The van der Waals surface area contributed by atoms with Gasteiger partial charge in [0.2, 0.25) is 0 Å². The van der Waals surface area contributed by atoms with Gasteiger partial charge in [-0.2, -0.15) is 0 Å². The summed E-state index contributed by atoms with van der Waals surface area (Å²) in [6.07, 6.45) is 3.73. The zero-order chi connectivity index (χ0) is 22.6. The van der Waals surface area contributed by atoms with Crippen molar-refractivity contribution in [3.63, 3.8) is 0 Å². The van der Waals surface area contributed by atoms with E-state index < -0.39 is 0 Å². The summed E-state index contributed by atoms with van der Waals surface area (Å²) >= 11 is 0. The lowest BCUT2D eigenvalue weighted by Gasteiger charge is -2.29. The number of benzene rings is 1. The first-order valence-corrected chi connectivity index (χ1v) is 11.1. The van der Waals surface area contributed by atoms with E-state index in [0.717, 1.165) is 65.9 Å². The third-order valence-corrected chi connectivity index (χ3v) is 5.69. The molecular weight excluding hydrogens is 412 g/mol. The Kier molecular flexibility index (Phi) is 5.95. The Morgan fingerprint density at radius 2 is 1.64 bits per heavy atom. The molecule has 0 bridgehead atoms. The quantitative estimate of drug-likeness (QED) is 0.493. The van der Waals surface area contributed by atoms with Gasteiger partial charge in [-0.1, -0.05) is 18.2 Å². The van der Waals surface area contributed by atoms with E-state index in [1.165, 1.54) is 5.69 Å². The standard InChI is InChI=1S/C26H26N6O/c1-18-5-3-8-23(29-18)26-30-24(15-25(27-2)31-26)21-13-20(16-28-17-21)19-6-4-7-22(14-19)32-9-11-33-12-10-32/h3-8,13-17H,9-12H2,1-2H3,(H,27,30,31). The van der Waals surface area contributed by atoms with Gasteiger partial charge in [0.15, 0.2) is 5.82 Å². The summed E-state index contributed by atoms with van der Waals surface area (Å²) in [5, 5.41) is 3.14. The second kappa shape index (κ2) is 9.34. The molecule has 3 aromatic heterocycles. The van der Waals surface area contributed by atoms with Crippen molar-refractivity contribution in [2.75, 3.05) is 43.6 Å². The van der Waals surface area contributed by atoms with Gasteiger partial charge in [-0.15, -0.1) is 0 Å². The minimum absolute atomic E-state index is 0.584. The fraction of sp³-hybridized carbons (Fsp3) is 0.231. The highest BCUT2D eigenvalue weighted by Crippen LogP contribution is 2.29. The van der Waals surface area contributed by atoms with Crippen LogP contribution in [0.2, 0.25) is 0 Å². The van der Waals surface area contributed by atoms with Crippen LogP contribution in [0.4, 0.5) is 11.5 Å². The van der Waals surface area contributed by atoms with Crippen molar-refractivity contribution in [3.8, 4) is 33.9 Å². The number of morpholine rings is 1. The summed E-state index contributed by atoms with van der Waals surface area (Å²) in [7, 11) is 1.85. The molecule has 0 spiro atoms. The SMILES string of the molecule is CNc1cc(-c2cncc(-c3cccc(N4CCOCC4)c3)c2)nc(-c2cccc(C)n2)n1. The molecular formula is C26H26N6O. The lowest BCUT2D eigenvalue weighted by Crippen LogP contribution is -2.36. The average molecular weight is 439 g/mol. The maximum absolute atomic E-state index is 5.49. The van der Waals surface area contributed by atoms with E-state index >= 15 is 0 Å². The second-order valence-corrected chi connectivity index (χ2v) is 7.99. The zero-order valence-electron chi connectivity index (χ0n) is 18.8. The van der Waals surface area contributed by atoms with Gasteiger partial charge in [0.25, 0.3) is 0 Å². The highest BCUT2D eigenvalue weighted by atomic mass is 16.5. The van der Waals surface area contributed by atoms with Crippen molar-refractivity contribution in [1.29, 1.82) is 0 Å². The molecule has 1 fully saturated rings. The molecule has 1 aliphatic rings. The Morgan fingerprint density at radius 1 is 0.818 bits per heavy atom. The molecule has 166 valence electrons. The van der Waals surface area contributed by atoms with Gasteiger partial charge in [-0.25, -0.2) is 15.0 Å². The Balaban J connectivity index is 1.51. The van der Waals surface area contributed by atoms with E-state index in [2.05, 4.69) is 55.5 Å². The van der Waals surface area contributed by atoms with Gasteiger partial charge in [0, 0.05) is 61.1 Å². The molecule has 4 aromatic rings. The van der Waals surface area contributed by atoms with Crippen LogP contribution in [0.3, 0.4) is 0 Å². The summed E-state index contributed by atoms with van der Waals surface area (Å²) < 4.78 is 5.49. The molecule has 4 heterocycles. The fourth-order valence-electron chi connectivity index (χ4n) is 3.95. The number of hydrogen-bond acceptors (Lipinski definition) is 7. The maximum Gasteiger partial charge on any atom is 0.180 e. The molecule has 0 atom stereocenters. The number of nitrogens with one attached hydrogen (secondary N) is 1. The predicted octanol–water partition coefficient (Wildman–Crippen LogP) is 4.45. The first kappa shape index (κ1) is 21.0. The summed E-state index contributed by atoms with van der Waals surface area (Å²) in [6.45, 7) is 5.31. The first-order chi connectivity index (χ1) is 16.2. The van der Waals surface area contributed by atoms with E-state index in [4.69, 9.17) is 9.72 Å². The summed E-state index contributed by atoms with van der Waals surface area (Å²) in [5.41, 5.74) is 6.77. The largest absolute Gasteiger partial charge is 0.378 e. The van der Waals surface area contributed by atoms with Crippen LogP contribution in [0.1, 0.15) is 5.69 Å². The Labute approximate surface area is 193 Å². The van der Waals surface area contributed by atoms with Gasteiger partial charge in [-0.3, -0.25) is 4.98 Å². The predicted molar refractivity (Wildman–Crippen MR) is 131 cm³/mol. The summed E-state index contributed by atoms with van der Waals surface area (Å²) in [6, 6.07) is 18.5. The smallest absolute Gasteiger partial charge is 0.180 e. The lowest BCUT2D eigenvalue weighted by molar-refractivity contribution is 0.122. The third kappa shape index (κ3) is 4.68. The van der Waals surface area contributed by atoms with Crippen LogP contribution in [0.25, 0.3) is 33.9 Å². The lowest BCUT2D eigenvalue weighted by atomic mass is 10.0. The molecule has 1 aliphatic heterocycles. The molecule has 0 saturated carbocycles. The van der Waals surface area contributed by atoms with Crippen molar-refractivity contribution in [3.05, 3.63) is 72.7 Å². The molecule has 1 N–H and O–H groups in total. The first-order valence-electron chi connectivity index (χ1n) is 11.1. The average Bonchev–Trinajstić information content (AvgIpc) is 2.89. The van der Waals surface area contributed by atoms with Gasteiger partial charge >= 0.3 is 0 Å². The maximum atomic E-state index is 5.49. The van der Waals surface area contributed by atoms with Crippen LogP contribution in [-0.4, -0.2) is 53.3 Å². The fourth-order valence-corrected chi connectivity index (χ4v) is 3.95. The van der Waals surface area contributed by atoms with E-state index in [0.29, 0.717) is 5.82 Å². The van der Waals surface area contributed by atoms with E-state index in [9.17, 15) is 0 Å². The number of hydrogen-bond donors (Lipinski definition) is 1. The van der Waals surface area contributed by atoms with Crippen LogP contribution >= 0.6 is 0 Å². The number of ether oxygens (including phenoxy) is 1. The van der Waals surface area contributed by atoms with Crippen molar-refractivity contribution in [2.45, 2.75) is 6.92 Å². The zero-order valence-corrected chi connectivity index (χ0v) is 18.8. The van der Waals surface area contributed by atoms with Gasteiger partial charge < -0.3 is 15.0 Å². The van der Waals surface area contributed by atoms with E-state index in [1.54, 1.807) is 0 Å². The Bertz CT molecular complexity index is 1270. The van der Waals surface area contributed by atoms with Gasteiger partial charge in [0.05, 0.1) is 18.9 Å². The van der Waals surface area contributed by atoms with Crippen molar-refractivity contribution < 1.29 is 4.74 Å². The topological polar surface area (TPSA) is 76.1 Å². The van der Waals surface area contributed by atoms with Crippen LogP contribution < -0.4 is 10.2 Å². The molecule has 5 rings (SSSR count). The van der Waals surface area contributed by atoms with Crippen LogP contribution in [0.15, 0.2) is 67.0 Å². The van der Waals surface area contributed by atoms with E-state index in [-0.39, 0.29) is 0 Å². The highest BCUT2D eigenvalue weighted by molar-refractivity contribution is 5.74. The van der Waals surface area contributed by atoms with Crippen LogP contribution in [-0.2, 0) is 4.74 Å². The minimum Gasteiger partial charge on any atom is -0.378 e. The number of pyridine rings is 2. The number of aryl methyl sites for hydroxylation is 1. The second-order valence-electron chi connectivity index (χ2n) is 7.99. The van der Waals surface area contributed by atoms with Crippen LogP contribution in [0, 0.1) is 6.92 Å². The highest BCUT2D eigenvalue weighted by Gasteiger charge is 2.13. The molecule has 0 radical (unpaired) electrons.